The Morgan fingerprint density at radius 1 is 1.17 bits per heavy atom. The fraction of sp³-hybridized carbons (Fsp3) is 0.320. The summed E-state index contributed by atoms with van der Waals surface area (Å²) >= 11 is 0. The Balaban J connectivity index is 1.40. The number of furan rings is 1. The van der Waals surface area contributed by atoms with Gasteiger partial charge in [0.25, 0.3) is 5.91 Å². The minimum absolute atomic E-state index is 0.0961. The lowest BCUT2D eigenvalue weighted by molar-refractivity contribution is -0.174. The van der Waals surface area contributed by atoms with Crippen molar-refractivity contribution >= 4 is 17.4 Å². The predicted molar refractivity (Wildman–Crippen MR) is 127 cm³/mol. The number of alkyl halides is 3. The summed E-state index contributed by atoms with van der Waals surface area (Å²) in [6, 6.07) is 9.91. The van der Waals surface area contributed by atoms with Gasteiger partial charge in [-0.3, -0.25) is 9.48 Å². The van der Waals surface area contributed by atoms with E-state index in [9.17, 15) is 18.0 Å². The van der Waals surface area contributed by atoms with Crippen LogP contribution >= 0.6 is 0 Å². The number of nitrogens with zero attached hydrogens (tertiary/aromatic N) is 4. The smallest absolute Gasteiger partial charge is 0.410 e. The van der Waals surface area contributed by atoms with Gasteiger partial charge in [0.15, 0.2) is 11.7 Å². The van der Waals surface area contributed by atoms with Crippen LogP contribution in [-0.2, 0) is 6.54 Å². The van der Waals surface area contributed by atoms with Crippen molar-refractivity contribution in [3.8, 4) is 0 Å². The molecule has 8 nitrogen and oxygen atoms in total. The SMILES string of the molecule is Cc1ccccc1Cn1nc(C)c(NC(=O)c2cc3n(n2)[C@@H](C(F)(F)F)C[C@H](c2ccco2)N3)c1C. The number of rotatable bonds is 5. The number of carbonyl (C=O) groups excluding carboxylic acids is 1. The molecule has 1 amide bonds. The van der Waals surface area contributed by atoms with Gasteiger partial charge in [-0.05, 0) is 44.0 Å². The number of aromatic nitrogens is 4. The Morgan fingerprint density at radius 3 is 2.64 bits per heavy atom. The monoisotopic (exact) mass is 498 g/mol. The van der Waals surface area contributed by atoms with Crippen LogP contribution in [0.4, 0.5) is 24.7 Å². The largest absolute Gasteiger partial charge is 0.467 e. The van der Waals surface area contributed by atoms with Crippen molar-refractivity contribution in [3.63, 3.8) is 0 Å². The number of benzene rings is 1. The second-order valence-electron chi connectivity index (χ2n) is 8.95. The molecule has 0 saturated heterocycles. The molecule has 1 aliphatic heterocycles. The number of amides is 1. The molecule has 36 heavy (non-hydrogen) atoms. The summed E-state index contributed by atoms with van der Waals surface area (Å²) < 4.78 is 49.6. The zero-order chi connectivity index (χ0) is 25.6. The fourth-order valence-corrected chi connectivity index (χ4v) is 4.52. The number of aryl methyl sites for hydroxylation is 2. The van der Waals surface area contributed by atoms with Crippen molar-refractivity contribution in [3.05, 3.63) is 82.7 Å². The third-order valence-electron chi connectivity index (χ3n) is 6.51. The average Bonchev–Trinajstić information content (AvgIpc) is 3.56. The van der Waals surface area contributed by atoms with Crippen molar-refractivity contribution in [2.75, 3.05) is 10.6 Å². The standard InChI is InChI=1S/C25H25F3N6O2/c1-14-7-4-5-8-17(14)13-33-16(3)23(15(2)31-33)30-24(35)19-12-22-29-18(20-9-6-10-36-20)11-21(25(26,27)28)34(22)32-19/h4-10,12,18,21,29H,11,13H2,1-3H3,(H,30,35)/t18-,21-/m1/s1. The van der Waals surface area contributed by atoms with Gasteiger partial charge in [-0.2, -0.15) is 23.4 Å². The van der Waals surface area contributed by atoms with Crippen LogP contribution in [0.2, 0.25) is 0 Å². The molecular formula is C25H25F3N6O2. The zero-order valence-electron chi connectivity index (χ0n) is 19.9. The third kappa shape index (κ3) is 4.36. The first-order valence-corrected chi connectivity index (χ1v) is 11.5. The lowest BCUT2D eigenvalue weighted by atomic mass is 10.0. The molecule has 1 aromatic carbocycles. The van der Waals surface area contributed by atoms with Gasteiger partial charge >= 0.3 is 6.18 Å². The topological polar surface area (TPSA) is 89.9 Å². The number of carbonyl (C=O) groups is 1. The van der Waals surface area contributed by atoms with E-state index < -0.39 is 24.2 Å². The second kappa shape index (κ2) is 8.89. The van der Waals surface area contributed by atoms with E-state index in [0.29, 0.717) is 23.7 Å². The molecule has 4 aromatic rings. The molecule has 4 heterocycles. The minimum atomic E-state index is -4.55. The molecular weight excluding hydrogens is 473 g/mol. The number of hydrogen-bond acceptors (Lipinski definition) is 5. The number of nitrogens with one attached hydrogen (secondary N) is 2. The quantitative estimate of drug-likeness (QED) is 0.376. The summed E-state index contributed by atoms with van der Waals surface area (Å²) in [5.41, 5.74) is 3.93. The van der Waals surface area contributed by atoms with Crippen LogP contribution in [0.25, 0.3) is 0 Å². The molecule has 5 rings (SSSR count). The van der Waals surface area contributed by atoms with Crippen molar-refractivity contribution in [2.24, 2.45) is 0 Å². The minimum Gasteiger partial charge on any atom is -0.467 e. The van der Waals surface area contributed by atoms with Crippen LogP contribution in [0, 0.1) is 20.8 Å². The van der Waals surface area contributed by atoms with Crippen molar-refractivity contribution in [1.82, 2.24) is 19.6 Å². The average molecular weight is 499 g/mol. The van der Waals surface area contributed by atoms with Gasteiger partial charge in [0.05, 0.1) is 35.9 Å². The number of anilines is 2. The number of fused-ring (bicyclic) bond motifs is 1. The third-order valence-corrected chi connectivity index (χ3v) is 6.51. The molecule has 0 aliphatic carbocycles. The highest BCUT2D eigenvalue weighted by Crippen LogP contribution is 2.43. The molecule has 188 valence electrons. The maximum absolute atomic E-state index is 13.9. The van der Waals surface area contributed by atoms with Crippen molar-refractivity contribution < 1.29 is 22.4 Å². The first kappa shape index (κ1) is 23.7. The van der Waals surface area contributed by atoms with E-state index in [1.165, 1.54) is 12.3 Å². The van der Waals surface area contributed by atoms with E-state index in [2.05, 4.69) is 20.8 Å². The van der Waals surface area contributed by atoms with Gasteiger partial charge < -0.3 is 15.1 Å². The number of halogens is 3. The van der Waals surface area contributed by atoms with Crippen LogP contribution in [0.3, 0.4) is 0 Å². The Morgan fingerprint density at radius 2 is 1.94 bits per heavy atom. The second-order valence-corrected chi connectivity index (χ2v) is 8.95. The van der Waals surface area contributed by atoms with E-state index in [-0.39, 0.29) is 17.9 Å². The van der Waals surface area contributed by atoms with Gasteiger partial charge in [0.1, 0.15) is 11.6 Å². The van der Waals surface area contributed by atoms with E-state index in [1.807, 2.05) is 38.1 Å². The van der Waals surface area contributed by atoms with Gasteiger partial charge in [0, 0.05) is 12.5 Å². The molecule has 0 bridgehead atoms. The highest BCUT2D eigenvalue weighted by atomic mass is 19.4. The summed E-state index contributed by atoms with van der Waals surface area (Å²) in [4.78, 5) is 13.1. The highest BCUT2D eigenvalue weighted by molar-refractivity contribution is 6.04. The Labute approximate surface area is 205 Å². The molecule has 0 radical (unpaired) electrons. The maximum Gasteiger partial charge on any atom is 0.410 e. The van der Waals surface area contributed by atoms with Crippen LogP contribution in [0.5, 0.6) is 0 Å². The molecule has 0 saturated carbocycles. The highest BCUT2D eigenvalue weighted by Gasteiger charge is 2.47. The van der Waals surface area contributed by atoms with E-state index in [0.717, 1.165) is 21.5 Å². The zero-order valence-corrected chi connectivity index (χ0v) is 19.9. The van der Waals surface area contributed by atoms with Crippen LogP contribution in [0.1, 0.15) is 57.3 Å². The Kier molecular flexibility index (Phi) is 5.85. The molecule has 11 heteroatoms. The molecule has 2 N–H and O–H groups in total. The molecule has 0 spiro atoms. The Hall–Kier alpha value is -4.02. The van der Waals surface area contributed by atoms with E-state index in [4.69, 9.17) is 4.42 Å². The van der Waals surface area contributed by atoms with Crippen LogP contribution in [-0.4, -0.2) is 31.6 Å². The Bertz CT molecular complexity index is 1400. The van der Waals surface area contributed by atoms with E-state index in [1.54, 1.807) is 23.7 Å². The normalized spacial score (nSPS) is 17.5. The lowest BCUT2D eigenvalue weighted by Gasteiger charge is -2.32. The van der Waals surface area contributed by atoms with Gasteiger partial charge in [-0.25, -0.2) is 4.68 Å². The molecule has 1 aliphatic rings. The first-order valence-electron chi connectivity index (χ1n) is 11.5. The summed E-state index contributed by atoms with van der Waals surface area (Å²) in [7, 11) is 0. The predicted octanol–water partition coefficient (Wildman–Crippen LogP) is 5.56. The van der Waals surface area contributed by atoms with Gasteiger partial charge in [0.2, 0.25) is 0 Å². The molecule has 0 fully saturated rings. The van der Waals surface area contributed by atoms with Crippen LogP contribution in [0.15, 0.2) is 53.1 Å². The number of hydrogen-bond donors (Lipinski definition) is 2. The molecule has 0 unspecified atom stereocenters. The fourth-order valence-electron chi connectivity index (χ4n) is 4.52. The van der Waals surface area contributed by atoms with Crippen molar-refractivity contribution in [1.29, 1.82) is 0 Å². The summed E-state index contributed by atoms with van der Waals surface area (Å²) in [6.07, 6.45) is -3.45. The summed E-state index contributed by atoms with van der Waals surface area (Å²) in [5.74, 6) is -0.135. The summed E-state index contributed by atoms with van der Waals surface area (Å²) in [6.45, 7) is 6.15. The van der Waals surface area contributed by atoms with Crippen molar-refractivity contribution in [2.45, 2.75) is 52.0 Å². The first-order chi connectivity index (χ1) is 17.1. The maximum atomic E-state index is 13.9. The molecule has 2 atom stereocenters. The van der Waals surface area contributed by atoms with Crippen LogP contribution < -0.4 is 10.6 Å². The van der Waals surface area contributed by atoms with Gasteiger partial charge in [-0.1, -0.05) is 24.3 Å². The lowest BCUT2D eigenvalue weighted by Crippen LogP contribution is -2.35. The summed E-state index contributed by atoms with van der Waals surface area (Å²) in [5, 5.41) is 14.4. The molecule has 3 aromatic heterocycles. The van der Waals surface area contributed by atoms with E-state index >= 15 is 0 Å². The van der Waals surface area contributed by atoms with Gasteiger partial charge in [-0.15, -0.1) is 0 Å².